The van der Waals surface area contributed by atoms with Gasteiger partial charge >= 0.3 is 0 Å². The number of halogens is 1. The van der Waals surface area contributed by atoms with Crippen molar-refractivity contribution >= 4 is 0 Å². The molecule has 1 fully saturated rings. The van der Waals surface area contributed by atoms with Crippen LogP contribution in [0.3, 0.4) is 0 Å². The first-order chi connectivity index (χ1) is 8.46. The molecule has 100 valence electrons. The summed E-state index contributed by atoms with van der Waals surface area (Å²) >= 11 is 0. The van der Waals surface area contributed by atoms with E-state index in [9.17, 15) is 4.39 Å². The summed E-state index contributed by atoms with van der Waals surface area (Å²) in [7, 11) is 1.55. The normalized spacial score (nSPS) is 17.4. The Labute approximate surface area is 107 Å². The van der Waals surface area contributed by atoms with Crippen LogP contribution in [0.5, 0.6) is 11.5 Å². The zero-order valence-electron chi connectivity index (χ0n) is 11.1. The van der Waals surface area contributed by atoms with Gasteiger partial charge in [0.2, 0.25) is 0 Å². The van der Waals surface area contributed by atoms with Gasteiger partial charge in [-0.3, -0.25) is 0 Å². The lowest BCUT2D eigenvalue weighted by atomic mass is 9.72. The number of nitrogens with two attached hydrogens (primary N) is 1. The average Bonchev–Trinajstić information content (AvgIpc) is 2.25. The van der Waals surface area contributed by atoms with Crippen LogP contribution < -0.4 is 15.2 Å². The molecule has 1 aromatic rings. The van der Waals surface area contributed by atoms with Crippen molar-refractivity contribution in [1.29, 1.82) is 0 Å². The van der Waals surface area contributed by atoms with Crippen LogP contribution in [0, 0.1) is 5.82 Å². The summed E-state index contributed by atoms with van der Waals surface area (Å²) < 4.78 is 24.9. The van der Waals surface area contributed by atoms with Gasteiger partial charge in [0.15, 0.2) is 11.5 Å². The fourth-order valence-corrected chi connectivity index (χ4v) is 2.25. The second kappa shape index (κ2) is 4.76. The maximum atomic E-state index is 14.1. The van der Waals surface area contributed by atoms with Crippen molar-refractivity contribution in [1.82, 2.24) is 0 Å². The second-order valence-corrected chi connectivity index (χ2v) is 5.16. The van der Waals surface area contributed by atoms with Gasteiger partial charge in [-0.2, -0.15) is 0 Å². The van der Waals surface area contributed by atoms with E-state index in [1.807, 2.05) is 13.8 Å². The van der Waals surface area contributed by atoms with Crippen LogP contribution in [0.1, 0.15) is 38.7 Å². The van der Waals surface area contributed by atoms with Crippen LogP contribution in [0.25, 0.3) is 0 Å². The van der Waals surface area contributed by atoms with Gasteiger partial charge in [0, 0.05) is 17.2 Å². The predicted molar refractivity (Wildman–Crippen MR) is 68.4 cm³/mol. The van der Waals surface area contributed by atoms with E-state index >= 15 is 0 Å². The molecule has 1 aliphatic rings. The molecular formula is C14H20FNO2. The Balaban J connectivity index is 2.39. The smallest absolute Gasteiger partial charge is 0.164 e. The molecule has 18 heavy (non-hydrogen) atoms. The molecule has 2 rings (SSSR count). The Morgan fingerprint density at radius 1 is 1.28 bits per heavy atom. The summed E-state index contributed by atoms with van der Waals surface area (Å²) in [6.07, 6.45) is 2.65. The van der Waals surface area contributed by atoms with Gasteiger partial charge in [-0.25, -0.2) is 4.39 Å². The van der Waals surface area contributed by atoms with E-state index in [4.69, 9.17) is 15.2 Å². The third-order valence-corrected chi connectivity index (χ3v) is 3.40. The maximum absolute atomic E-state index is 14.1. The van der Waals surface area contributed by atoms with E-state index in [1.165, 1.54) is 6.07 Å². The fourth-order valence-electron chi connectivity index (χ4n) is 2.25. The minimum Gasteiger partial charge on any atom is -0.493 e. The Morgan fingerprint density at radius 3 is 2.39 bits per heavy atom. The van der Waals surface area contributed by atoms with Gasteiger partial charge in [0.1, 0.15) is 5.82 Å². The number of ether oxygens (including phenoxy) is 2. The van der Waals surface area contributed by atoms with Crippen molar-refractivity contribution in [2.24, 2.45) is 5.73 Å². The molecule has 1 aromatic carbocycles. The molecular weight excluding hydrogens is 233 g/mol. The van der Waals surface area contributed by atoms with E-state index in [2.05, 4.69) is 0 Å². The summed E-state index contributed by atoms with van der Waals surface area (Å²) in [6.45, 7) is 3.78. The highest BCUT2D eigenvalue weighted by atomic mass is 19.1. The Kier molecular flexibility index (Phi) is 3.48. The largest absolute Gasteiger partial charge is 0.493 e. The molecule has 0 aliphatic heterocycles. The molecule has 0 spiro atoms. The number of hydrogen-bond acceptors (Lipinski definition) is 3. The van der Waals surface area contributed by atoms with Crippen LogP contribution in [0.15, 0.2) is 12.1 Å². The lowest BCUT2D eigenvalue weighted by Crippen LogP contribution is -2.44. The molecule has 1 aliphatic carbocycles. The highest BCUT2D eigenvalue weighted by molar-refractivity contribution is 5.46. The SMILES string of the molecule is COc1cc(C2(N)CCC2)c(F)cc1OC(C)C. The van der Waals surface area contributed by atoms with Crippen LogP contribution in [0.4, 0.5) is 4.39 Å². The lowest BCUT2D eigenvalue weighted by molar-refractivity contribution is 0.223. The maximum Gasteiger partial charge on any atom is 0.164 e. The van der Waals surface area contributed by atoms with Crippen LogP contribution in [-0.2, 0) is 5.54 Å². The molecule has 0 atom stereocenters. The molecule has 0 amide bonds. The first kappa shape index (κ1) is 13.1. The number of methoxy groups -OCH3 is 1. The molecule has 0 radical (unpaired) electrons. The van der Waals surface area contributed by atoms with Crippen LogP contribution in [0.2, 0.25) is 0 Å². The second-order valence-electron chi connectivity index (χ2n) is 5.16. The summed E-state index contributed by atoms with van der Waals surface area (Å²) in [4.78, 5) is 0. The summed E-state index contributed by atoms with van der Waals surface area (Å²) in [5.74, 6) is 0.655. The Bertz CT molecular complexity index is 442. The fraction of sp³-hybridized carbons (Fsp3) is 0.571. The molecule has 0 aromatic heterocycles. The van der Waals surface area contributed by atoms with Crippen molar-refractivity contribution in [3.05, 3.63) is 23.5 Å². The van der Waals surface area contributed by atoms with Crippen molar-refractivity contribution < 1.29 is 13.9 Å². The van der Waals surface area contributed by atoms with E-state index in [0.29, 0.717) is 17.1 Å². The molecule has 0 saturated heterocycles. The minimum absolute atomic E-state index is 0.0281. The minimum atomic E-state index is -0.534. The zero-order chi connectivity index (χ0) is 13.3. The number of benzene rings is 1. The van der Waals surface area contributed by atoms with E-state index < -0.39 is 5.54 Å². The molecule has 1 saturated carbocycles. The van der Waals surface area contributed by atoms with Crippen molar-refractivity contribution in [3.8, 4) is 11.5 Å². The van der Waals surface area contributed by atoms with Gasteiger partial charge in [-0.1, -0.05) is 0 Å². The average molecular weight is 253 g/mol. The van der Waals surface area contributed by atoms with Crippen LogP contribution in [-0.4, -0.2) is 13.2 Å². The summed E-state index contributed by atoms with van der Waals surface area (Å²) in [5, 5.41) is 0. The molecule has 3 nitrogen and oxygen atoms in total. The van der Waals surface area contributed by atoms with Crippen molar-refractivity contribution in [3.63, 3.8) is 0 Å². The highest BCUT2D eigenvalue weighted by Crippen LogP contribution is 2.43. The van der Waals surface area contributed by atoms with E-state index in [1.54, 1.807) is 13.2 Å². The van der Waals surface area contributed by atoms with Crippen molar-refractivity contribution in [2.45, 2.75) is 44.8 Å². The third-order valence-electron chi connectivity index (χ3n) is 3.40. The zero-order valence-corrected chi connectivity index (χ0v) is 11.1. The van der Waals surface area contributed by atoms with E-state index in [-0.39, 0.29) is 11.9 Å². The Hall–Kier alpha value is -1.29. The topological polar surface area (TPSA) is 44.5 Å². The lowest BCUT2D eigenvalue weighted by Gasteiger charge is -2.39. The van der Waals surface area contributed by atoms with Gasteiger partial charge in [-0.05, 0) is 39.2 Å². The molecule has 0 unspecified atom stereocenters. The van der Waals surface area contributed by atoms with Gasteiger partial charge in [-0.15, -0.1) is 0 Å². The first-order valence-electron chi connectivity index (χ1n) is 6.30. The Morgan fingerprint density at radius 2 is 1.94 bits per heavy atom. The van der Waals surface area contributed by atoms with Gasteiger partial charge < -0.3 is 15.2 Å². The molecule has 2 N–H and O–H groups in total. The summed E-state index contributed by atoms with van der Waals surface area (Å²) in [5.41, 5.74) is 6.16. The van der Waals surface area contributed by atoms with Crippen molar-refractivity contribution in [2.75, 3.05) is 7.11 Å². The molecule has 0 heterocycles. The number of hydrogen-bond donors (Lipinski definition) is 1. The van der Waals surface area contributed by atoms with Crippen LogP contribution >= 0.6 is 0 Å². The molecule has 4 heteroatoms. The first-order valence-corrected chi connectivity index (χ1v) is 6.30. The van der Waals surface area contributed by atoms with Gasteiger partial charge in [0.05, 0.1) is 13.2 Å². The van der Waals surface area contributed by atoms with Gasteiger partial charge in [0.25, 0.3) is 0 Å². The highest BCUT2D eigenvalue weighted by Gasteiger charge is 2.37. The third kappa shape index (κ3) is 2.29. The standard InChI is InChI=1S/C14H20FNO2/c1-9(2)18-13-8-11(15)10(7-12(13)17-3)14(16)5-4-6-14/h7-9H,4-6,16H2,1-3H3. The summed E-state index contributed by atoms with van der Waals surface area (Å²) in [6, 6.07) is 3.05. The number of rotatable bonds is 4. The van der Waals surface area contributed by atoms with E-state index in [0.717, 1.165) is 19.3 Å². The molecule has 0 bridgehead atoms. The quantitative estimate of drug-likeness (QED) is 0.897. The monoisotopic (exact) mass is 253 g/mol. The predicted octanol–water partition coefficient (Wildman–Crippen LogP) is 2.96.